The van der Waals surface area contributed by atoms with Crippen molar-refractivity contribution in [2.24, 2.45) is 5.73 Å². The normalized spacial score (nSPS) is 17.0. The number of pyridine rings is 1. The van der Waals surface area contributed by atoms with E-state index < -0.39 is 0 Å². The van der Waals surface area contributed by atoms with Crippen LogP contribution >= 0.6 is 0 Å². The molecule has 1 fully saturated rings. The van der Waals surface area contributed by atoms with E-state index in [1.807, 2.05) is 24.4 Å². The molecule has 2 N–H and O–H groups in total. The van der Waals surface area contributed by atoms with Gasteiger partial charge < -0.3 is 10.6 Å². The fourth-order valence-corrected chi connectivity index (χ4v) is 3.09. The van der Waals surface area contributed by atoms with Crippen molar-refractivity contribution in [1.29, 1.82) is 0 Å². The number of anilines is 1. The summed E-state index contributed by atoms with van der Waals surface area (Å²) in [7, 11) is 0. The van der Waals surface area contributed by atoms with Crippen molar-refractivity contribution in [3.8, 4) is 22.6 Å². The minimum absolute atomic E-state index is 0.208. The second kappa shape index (κ2) is 6.61. The predicted molar refractivity (Wildman–Crippen MR) is 100 cm³/mol. The van der Waals surface area contributed by atoms with E-state index in [0.29, 0.717) is 0 Å². The van der Waals surface area contributed by atoms with Crippen molar-refractivity contribution >= 4 is 5.82 Å². The first-order chi connectivity index (χ1) is 12.2. The summed E-state index contributed by atoms with van der Waals surface area (Å²) in [5, 5.41) is 0. The van der Waals surface area contributed by atoms with E-state index in [9.17, 15) is 0 Å². The number of nitrogens with two attached hydrogens (primary N) is 1. The largest absolute Gasteiger partial charge is 0.355 e. The Morgan fingerprint density at radius 3 is 2.60 bits per heavy atom. The van der Waals surface area contributed by atoms with E-state index in [1.54, 1.807) is 6.20 Å². The van der Waals surface area contributed by atoms with Crippen LogP contribution < -0.4 is 10.6 Å². The van der Waals surface area contributed by atoms with Crippen LogP contribution in [0.3, 0.4) is 0 Å². The predicted octanol–water partition coefficient (Wildman–Crippen LogP) is 3.05. The van der Waals surface area contributed by atoms with E-state index in [0.717, 1.165) is 48.0 Å². The molecule has 3 heterocycles. The van der Waals surface area contributed by atoms with Crippen molar-refractivity contribution < 1.29 is 0 Å². The first kappa shape index (κ1) is 15.7. The van der Waals surface area contributed by atoms with Crippen LogP contribution in [-0.4, -0.2) is 34.1 Å². The van der Waals surface area contributed by atoms with Crippen molar-refractivity contribution in [1.82, 2.24) is 15.0 Å². The zero-order chi connectivity index (χ0) is 17.2. The van der Waals surface area contributed by atoms with Gasteiger partial charge in [-0.05, 0) is 25.5 Å². The lowest BCUT2D eigenvalue weighted by molar-refractivity contribution is 0.751. The van der Waals surface area contributed by atoms with Crippen LogP contribution in [0.4, 0.5) is 5.82 Å². The highest BCUT2D eigenvalue weighted by Gasteiger charge is 2.22. The number of aromatic nitrogens is 3. The van der Waals surface area contributed by atoms with Gasteiger partial charge in [-0.2, -0.15) is 0 Å². The fourth-order valence-electron chi connectivity index (χ4n) is 3.09. The van der Waals surface area contributed by atoms with Crippen LogP contribution in [0.5, 0.6) is 0 Å². The lowest BCUT2D eigenvalue weighted by Crippen LogP contribution is -2.27. The first-order valence-electron chi connectivity index (χ1n) is 8.56. The molecule has 0 bridgehead atoms. The van der Waals surface area contributed by atoms with E-state index in [-0.39, 0.29) is 6.04 Å². The SMILES string of the molecule is Cc1ccc(-c2nc(-c3cccnc3)cc(N3CCC(N)C3)n2)cc1. The summed E-state index contributed by atoms with van der Waals surface area (Å²) in [4.78, 5) is 16.1. The Hall–Kier alpha value is -2.79. The van der Waals surface area contributed by atoms with Crippen LogP contribution in [-0.2, 0) is 0 Å². The zero-order valence-corrected chi connectivity index (χ0v) is 14.3. The molecule has 0 aliphatic carbocycles. The Morgan fingerprint density at radius 1 is 1.08 bits per heavy atom. The summed E-state index contributed by atoms with van der Waals surface area (Å²) in [6, 6.07) is 14.5. The summed E-state index contributed by atoms with van der Waals surface area (Å²) in [5.74, 6) is 1.66. The lowest BCUT2D eigenvalue weighted by Gasteiger charge is -2.18. The topological polar surface area (TPSA) is 67.9 Å². The average Bonchev–Trinajstić information content (AvgIpc) is 3.09. The molecule has 4 rings (SSSR count). The Kier molecular flexibility index (Phi) is 4.15. The third-order valence-electron chi connectivity index (χ3n) is 4.53. The second-order valence-electron chi connectivity index (χ2n) is 6.54. The fraction of sp³-hybridized carbons (Fsp3) is 0.250. The maximum Gasteiger partial charge on any atom is 0.162 e. The minimum Gasteiger partial charge on any atom is -0.355 e. The molecule has 2 aromatic heterocycles. The first-order valence-corrected chi connectivity index (χ1v) is 8.56. The number of nitrogens with zero attached hydrogens (tertiary/aromatic N) is 4. The molecule has 0 radical (unpaired) electrons. The Labute approximate surface area is 147 Å². The molecule has 5 nitrogen and oxygen atoms in total. The monoisotopic (exact) mass is 331 g/mol. The van der Waals surface area contributed by atoms with Crippen LogP contribution in [0, 0.1) is 6.92 Å². The molecule has 0 amide bonds. The molecule has 126 valence electrons. The molecule has 1 unspecified atom stereocenters. The number of hydrogen-bond donors (Lipinski definition) is 1. The van der Waals surface area contributed by atoms with Crippen LogP contribution in [0.25, 0.3) is 22.6 Å². The summed E-state index contributed by atoms with van der Waals surface area (Å²) in [6.07, 6.45) is 4.60. The molecule has 25 heavy (non-hydrogen) atoms. The molecule has 0 spiro atoms. The molecule has 1 atom stereocenters. The van der Waals surface area contributed by atoms with Crippen LogP contribution in [0.2, 0.25) is 0 Å². The van der Waals surface area contributed by atoms with Crippen molar-refractivity contribution in [3.05, 3.63) is 60.4 Å². The van der Waals surface area contributed by atoms with Gasteiger partial charge in [-0.1, -0.05) is 29.8 Å². The van der Waals surface area contributed by atoms with Crippen molar-refractivity contribution in [2.45, 2.75) is 19.4 Å². The number of benzene rings is 1. The highest BCUT2D eigenvalue weighted by atomic mass is 15.2. The maximum absolute atomic E-state index is 6.08. The minimum atomic E-state index is 0.208. The quantitative estimate of drug-likeness (QED) is 0.799. The third-order valence-corrected chi connectivity index (χ3v) is 4.53. The zero-order valence-electron chi connectivity index (χ0n) is 14.3. The van der Waals surface area contributed by atoms with Gasteiger partial charge in [-0.15, -0.1) is 0 Å². The van der Waals surface area contributed by atoms with Gasteiger partial charge in [0.2, 0.25) is 0 Å². The van der Waals surface area contributed by atoms with E-state index in [1.165, 1.54) is 5.56 Å². The lowest BCUT2D eigenvalue weighted by atomic mass is 10.1. The molecule has 5 heteroatoms. The molecule has 0 saturated carbocycles. The second-order valence-corrected chi connectivity index (χ2v) is 6.54. The Morgan fingerprint density at radius 2 is 1.92 bits per heavy atom. The molecule has 1 aromatic carbocycles. The van der Waals surface area contributed by atoms with Gasteiger partial charge in [0.1, 0.15) is 5.82 Å². The van der Waals surface area contributed by atoms with Gasteiger partial charge >= 0.3 is 0 Å². The van der Waals surface area contributed by atoms with Crippen molar-refractivity contribution in [2.75, 3.05) is 18.0 Å². The van der Waals surface area contributed by atoms with Crippen LogP contribution in [0.1, 0.15) is 12.0 Å². The summed E-state index contributed by atoms with van der Waals surface area (Å²) in [5.41, 5.74) is 10.2. The molecule has 1 saturated heterocycles. The highest BCUT2D eigenvalue weighted by Crippen LogP contribution is 2.27. The molecule has 3 aromatic rings. The average molecular weight is 331 g/mol. The smallest absolute Gasteiger partial charge is 0.162 e. The Balaban J connectivity index is 1.81. The summed E-state index contributed by atoms with van der Waals surface area (Å²) >= 11 is 0. The van der Waals surface area contributed by atoms with Gasteiger partial charge in [-0.25, -0.2) is 9.97 Å². The van der Waals surface area contributed by atoms with Gasteiger partial charge in [-0.3, -0.25) is 4.98 Å². The number of aryl methyl sites for hydroxylation is 1. The summed E-state index contributed by atoms with van der Waals surface area (Å²) in [6.45, 7) is 3.84. The van der Waals surface area contributed by atoms with Gasteiger partial charge in [0, 0.05) is 48.7 Å². The standard InChI is InChI=1S/C20H21N5/c1-14-4-6-15(7-5-14)20-23-18(16-3-2-9-22-12-16)11-19(24-20)25-10-8-17(21)13-25/h2-7,9,11-12,17H,8,10,13,21H2,1H3. The van der Waals surface area contributed by atoms with Crippen molar-refractivity contribution in [3.63, 3.8) is 0 Å². The number of hydrogen-bond acceptors (Lipinski definition) is 5. The van der Waals surface area contributed by atoms with E-state index in [4.69, 9.17) is 15.7 Å². The van der Waals surface area contributed by atoms with Crippen LogP contribution in [0.15, 0.2) is 54.9 Å². The maximum atomic E-state index is 6.08. The Bertz CT molecular complexity index is 861. The highest BCUT2D eigenvalue weighted by molar-refractivity contribution is 5.67. The molecular formula is C20H21N5. The van der Waals surface area contributed by atoms with Gasteiger partial charge in [0.25, 0.3) is 0 Å². The van der Waals surface area contributed by atoms with Gasteiger partial charge in [0.05, 0.1) is 5.69 Å². The third kappa shape index (κ3) is 3.37. The number of rotatable bonds is 3. The van der Waals surface area contributed by atoms with E-state index >= 15 is 0 Å². The molecule has 1 aliphatic rings. The molecule has 1 aliphatic heterocycles. The molecular weight excluding hydrogens is 310 g/mol. The van der Waals surface area contributed by atoms with Gasteiger partial charge in [0.15, 0.2) is 5.82 Å². The van der Waals surface area contributed by atoms with E-state index in [2.05, 4.69) is 41.1 Å². The summed E-state index contributed by atoms with van der Waals surface area (Å²) < 4.78 is 0.